The van der Waals surface area contributed by atoms with Gasteiger partial charge in [0.1, 0.15) is 0 Å². The van der Waals surface area contributed by atoms with E-state index in [1.54, 1.807) is 20.9 Å². The highest BCUT2D eigenvalue weighted by molar-refractivity contribution is 5.85. The third-order valence-electron chi connectivity index (χ3n) is 0.957. The van der Waals surface area contributed by atoms with Crippen molar-refractivity contribution in [1.82, 2.24) is 0 Å². The Hall–Kier alpha value is -0.370. The summed E-state index contributed by atoms with van der Waals surface area (Å²) in [4.78, 5) is 3.75. The summed E-state index contributed by atoms with van der Waals surface area (Å²) in [5, 5.41) is 8.69. The number of nitrogens with zero attached hydrogens (tertiary/aromatic N) is 1. The summed E-state index contributed by atoms with van der Waals surface area (Å²) < 4.78 is 0. The second-order valence-corrected chi connectivity index (χ2v) is 1.54. The monoisotopic (exact) mass is 101 g/mol. The minimum Gasteiger partial charge on any atom is -0.387 e. The van der Waals surface area contributed by atoms with Crippen molar-refractivity contribution in [3.63, 3.8) is 0 Å². The van der Waals surface area contributed by atoms with E-state index in [1.165, 1.54) is 0 Å². The number of aliphatic imine (C=N–C) groups is 1. The molecule has 0 aliphatic rings. The van der Waals surface area contributed by atoms with Crippen molar-refractivity contribution in [1.29, 1.82) is 0 Å². The molecule has 0 aromatic heterocycles. The molecule has 0 unspecified atom stereocenters. The quantitative estimate of drug-likeness (QED) is 0.478. The topological polar surface area (TPSA) is 32.6 Å². The molecule has 1 N–H and O–H groups in total. The van der Waals surface area contributed by atoms with Crippen LogP contribution in [0.15, 0.2) is 4.99 Å². The Morgan fingerprint density at radius 2 is 2.14 bits per heavy atom. The second-order valence-electron chi connectivity index (χ2n) is 1.54. The first-order valence-electron chi connectivity index (χ1n) is 2.30. The zero-order valence-electron chi connectivity index (χ0n) is 4.97. The molecule has 0 heterocycles. The largest absolute Gasteiger partial charge is 0.387 e. The van der Waals surface area contributed by atoms with Crippen LogP contribution in [-0.4, -0.2) is 24.0 Å². The highest BCUT2D eigenvalue weighted by Crippen LogP contribution is 1.82. The number of hydrogen-bond donors (Lipinski definition) is 1. The Morgan fingerprint density at radius 1 is 1.71 bits per heavy atom. The van der Waals surface area contributed by atoms with E-state index in [2.05, 4.69) is 4.99 Å². The lowest BCUT2D eigenvalue weighted by Crippen LogP contribution is -2.11. The highest BCUT2D eigenvalue weighted by Gasteiger charge is 1.94. The summed E-state index contributed by atoms with van der Waals surface area (Å²) in [6.45, 7) is 3.49. The van der Waals surface area contributed by atoms with Crippen molar-refractivity contribution in [2.75, 3.05) is 7.05 Å². The summed E-state index contributed by atoms with van der Waals surface area (Å²) >= 11 is 0. The van der Waals surface area contributed by atoms with Crippen molar-refractivity contribution in [3.8, 4) is 0 Å². The third-order valence-corrected chi connectivity index (χ3v) is 0.957. The first-order valence-corrected chi connectivity index (χ1v) is 2.30. The van der Waals surface area contributed by atoms with Crippen LogP contribution in [0.4, 0.5) is 0 Å². The Morgan fingerprint density at radius 3 is 2.14 bits per heavy atom. The van der Waals surface area contributed by atoms with E-state index in [9.17, 15) is 0 Å². The van der Waals surface area contributed by atoms with E-state index in [4.69, 9.17) is 5.11 Å². The lowest BCUT2D eigenvalue weighted by Gasteiger charge is -1.98. The molecule has 42 valence electrons. The zero-order chi connectivity index (χ0) is 5.86. The second kappa shape index (κ2) is 2.75. The molecular weight excluding hydrogens is 90.1 g/mol. The summed E-state index contributed by atoms with van der Waals surface area (Å²) in [5.74, 6) is 0. The first-order chi connectivity index (χ1) is 3.18. The van der Waals surface area contributed by atoms with E-state index in [0.29, 0.717) is 0 Å². The molecule has 2 nitrogen and oxygen atoms in total. The van der Waals surface area contributed by atoms with Crippen LogP contribution in [0.2, 0.25) is 0 Å². The van der Waals surface area contributed by atoms with Crippen molar-refractivity contribution in [2.45, 2.75) is 20.0 Å². The van der Waals surface area contributed by atoms with Crippen LogP contribution in [-0.2, 0) is 0 Å². The van der Waals surface area contributed by atoms with Gasteiger partial charge in [-0.25, -0.2) is 0 Å². The maximum atomic E-state index is 8.69. The molecule has 0 spiro atoms. The fraction of sp³-hybridized carbons (Fsp3) is 0.800. The van der Waals surface area contributed by atoms with E-state index in [0.717, 1.165) is 5.71 Å². The molecule has 0 amide bonds. The predicted octanol–water partition coefficient (Wildman–Crippen LogP) is 0.458. The molecule has 0 fully saturated rings. The van der Waals surface area contributed by atoms with Crippen LogP contribution in [0.1, 0.15) is 13.8 Å². The van der Waals surface area contributed by atoms with Gasteiger partial charge in [-0.3, -0.25) is 4.99 Å². The van der Waals surface area contributed by atoms with Crippen molar-refractivity contribution in [2.24, 2.45) is 4.99 Å². The molecular formula is C5H11NO. The molecule has 0 aromatic carbocycles. The van der Waals surface area contributed by atoms with Gasteiger partial charge in [0.05, 0.1) is 6.10 Å². The van der Waals surface area contributed by atoms with Gasteiger partial charge in [0.15, 0.2) is 0 Å². The summed E-state index contributed by atoms with van der Waals surface area (Å²) in [6, 6.07) is 0. The van der Waals surface area contributed by atoms with Crippen molar-refractivity contribution in [3.05, 3.63) is 0 Å². The van der Waals surface area contributed by atoms with E-state index in [-0.39, 0.29) is 6.10 Å². The van der Waals surface area contributed by atoms with Crippen LogP contribution >= 0.6 is 0 Å². The Kier molecular flexibility index (Phi) is 2.60. The van der Waals surface area contributed by atoms with Crippen LogP contribution in [0.25, 0.3) is 0 Å². The average Bonchev–Trinajstić information content (AvgIpc) is 1.65. The summed E-state index contributed by atoms with van der Waals surface area (Å²) in [6.07, 6.45) is -0.384. The zero-order valence-corrected chi connectivity index (χ0v) is 4.97. The van der Waals surface area contributed by atoms with Crippen molar-refractivity contribution < 1.29 is 5.11 Å². The van der Waals surface area contributed by atoms with Gasteiger partial charge in [-0.1, -0.05) is 0 Å². The number of aliphatic hydroxyl groups is 1. The van der Waals surface area contributed by atoms with Crippen LogP contribution in [0.5, 0.6) is 0 Å². The smallest absolute Gasteiger partial charge is 0.0885 e. The lowest BCUT2D eigenvalue weighted by atomic mass is 10.3. The normalized spacial score (nSPS) is 16.9. The molecule has 2 heteroatoms. The molecule has 0 aromatic rings. The minimum atomic E-state index is -0.384. The van der Waals surface area contributed by atoms with Gasteiger partial charge < -0.3 is 5.11 Å². The number of rotatable bonds is 1. The van der Waals surface area contributed by atoms with Gasteiger partial charge in [-0.15, -0.1) is 0 Å². The van der Waals surface area contributed by atoms with Gasteiger partial charge in [-0.05, 0) is 13.8 Å². The fourth-order valence-corrected chi connectivity index (χ4v) is 0.187. The van der Waals surface area contributed by atoms with Crippen LogP contribution in [0.3, 0.4) is 0 Å². The van der Waals surface area contributed by atoms with Crippen molar-refractivity contribution >= 4 is 5.71 Å². The van der Waals surface area contributed by atoms with Crippen LogP contribution in [0, 0.1) is 0 Å². The lowest BCUT2D eigenvalue weighted by molar-refractivity contribution is 0.261. The summed E-state index contributed by atoms with van der Waals surface area (Å²) in [7, 11) is 1.67. The fourth-order valence-electron chi connectivity index (χ4n) is 0.187. The first kappa shape index (κ1) is 6.63. The Bertz CT molecular complexity index is 76.1. The molecule has 0 bridgehead atoms. The molecule has 0 radical (unpaired) electrons. The minimum absolute atomic E-state index is 0.384. The highest BCUT2D eigenvalue weighted by atomic mass is 16.3. The molecule has 0 saturated carbocycles. The molecule has 0 aliphatic carbocycles. The maximum Gasteiger partial charge on any atom is 0.0885 e. The van der Waals surface area contributed by atoms with Gasteiger partial charge in [0.2, 0.25) is 0 Å². The Labute approximate surface area is 43.9 Å². The number of aliphatic hydroxyl groups excluding tert-OH is 1. The maximum absolute atomic E-state index is 8.69. The van der Waals surface area contributed by atoms with Gasteiger partial charge >= 0.3 is 0 Å². The molecule has 7 heavy (non-hydrogen) atoms. The average molecular weight is 101 g/mol. The SMILES string of the molecule is C/N=C(\C)[C@H](C)O. The molecule has 0 saturated heterocycles. The van der Waals surface area contributed by atoms with E-state index in [1.807, 2.05) is 0 Å². The molecule has 0 rings (SSSR count). The summed E-state index contributed by atoms with van der Waals surface area (Å²) in [5.41, 5.74) is 0.778. The predicted molar refractivity (Wildman–Crippen MR) is 30.7 cm³/mol. The van der Waals surface area contributed by atoms with E-state index < -0.39 is 0 Å². The standard InChI is InChI=1S/C5H11NO/c1-4(6-3)5(2)7/h5,7H,1-3H3/b6-4+/t5-/m0/s1. The van der Waals surface area contributed by atoms with Gasteiger partial charge in [0.25, 0.3) is 0 Å². The van der Waals surface area contributed by atoms with Crippen LogP contribution < -0.4 is 0 Å². The Balaban J connectivity index is 3.56. The van der Waals surface area contributed by atoms with Gasteiger partial charge in [-0.2, -0.15) is 0 Å². The molecule has 1 atom stereocenters. The molecule has 0 aliphatic heterocycles. The van der Waals surface area contributed by atoms with Gasteiger partial charge in [0, 0.05) is 12.8 Å². The van der Waals surface area contributed by atoms with E-state index >= 15 is 0 Å². The number of hydrogen-bond acceptors (Lipinski definition) is 2. The third kappa shape index (κ3) is 2.34.